The highest BCUT2D eigenvalue weighted by Gasteiger charge is 2.31. The second-order valence-electron chi connectivity index (χ2n) is 6.27. The first-order valence-electron chi connectivity index (χ1n) is 8.64. The Hall–Kier alpha value is -2.98. The minimum absolute atomic E-state index is 0.407. The van der Waals surface area contributed by atoms with Gasteiger partial charge in [-0.3, -0.25) is 9.67 Å². The lowest BCUT2D eigenvalue weighted by Crippen LogP contribution is -2.05. The van der Waals surface area contributed by atoms with Gasteiger partial charge in [-0.25, -0.2) is 4.98 Å². The Morgan fingerprint density at radius 2 is 2.00 bits per heavy atom. The Morgan fingerprint density at radius 3 is 2.79 bits per heavy atom. The SMILES string of the molecule is COCCn1cc(Nc2nc3ccc(-c4cncc(C(F)(F)F)c4)cc3s2)cn1. The van der Waals surface area contributed by atoms with Gasteiger partial charge in [0.1, 0.15) is 0 Å². The summed E-state index contributed by atoms with van der Waals surface area (Å²) in [6.07, 6.45) is 1.36. The molecular formula is C19H16F3N5OS. The Bertz CT molecular complexity index is 1140. The number of ether oxygens (including phenoxy) is 1. The number of rotatable bonds is 6. The number of fused-ring (bicyclic) bond motifs is 1. The van der Waals surface area contributed by atoms with Gasteiger partial charge < -0.3 is 10.1 Å². The third kappa shape index (κ3) is 4.38. The molecule has 4 rings (SSSR count). The van der Waals surface area contributed by atoms with Crippen molar-refractivity contribution >= 4 is 32.4 Å². The molecule has 0 aliphatic carbocycles. The molecule has 0 aliphatic rings. The van der Waals surface area contributed by atoms with Gasteiger partial charge in [-0.05, 0) is 23.8 Å². The molecule has 6 nitrogen and oxygen atoms in total. The number of benzene rings is 1. The molecular weight excluding hydrogens is 403 g/mol. The maximum Gasteiger partial charge on any atom is 0.417 e. The molecule has 1 aromatic carbocycles. The highest BCUT2D eigenvalue weighted by atomic mass is 32.1. The van der Waals surface area contributed by atoms with Crippen molar-refractivity contribution < 1.29 is 17.9 Å². The van der Waals surface area contributed by atoms with Crippen LogP contribution in [0, 0.1) is 0 Å². The predicted octanol–water partition coefficient (Wildman–Crippen LogP) is 4.96. The molecule has 29 heavy (non-hydrogen) atoms. The second-order valence-corrected chi connectivity index (χ2v) is 7.30. The van der Waals surface area contributed by atoms with E-state index in [0.717, 1.165) is 28.2 Å². The van der Waals surface area contributed by atoms with Crippen molar-refractivity contribution in [3.63, 3.8) is 0 Å². The van der Waals surface area contributed by atoms with E-state index in [9.17, 15) is 13.2 Å². The van der Waals surface area contributed by atoms with Gasteiger partial charge >= 0.3 is 6.18 Å². The van der Waals surface area contributed by atoms with Gasteiger partial charge in [0.25, 0.3) is 0 Å². The predicted molar refractivity (Wildman–Crippen MR) is 105 cm³/mol. The third-order valence-corrected chi connectivity index (χ3v) is 5.13. The molecule has 0 aliphatic heterocycles. The Balaban J connectivity index is 1.57. The van der Waals surface area contributed by atoms with E-state index in [1.54, 1.807) is 30.1 Å². The summed E-state index contributed by atoms with van der Waals surface area (Å²) in [7, 11) is 1.63. The van der Waals surface area contributed by atoms with Gasteiger partial charge in [-0.2, -0.15) is 18.3 Å². The van der Waals surface area contributed by atoms with Crippen molar-refractivity contribution in [3.05, 3.63) is 54.6 Å². The monoisotopic (exact) mass is 419 g/mol. The number of thiazole rings is 1. The van der Waals surface area contributed by atoms with E-state index in [1.807, 2.05) is 12.3 Å². The lowest BCUT2D eigenvalue weighted by molar-refractivity contribution is -0.137. The summed E-state index contributed by atoms with van der Waals surface area (Å²) in [5.41, 5.74) is 1.84. The van der Waals surface area contributed by atoms with Crippen LogP contribution in [0.1, 0.15) is 5.56 Å². The number of methoxy groups -OCH3 is 1. The van der Waals surface area contributed by atoms with Crippen molar-refractivity contribution in [2.24, 2.45) is 0 Å². The van der Waals surface area contributed by atoms with Crippen molar-refractivity contribution in [2.75, 3.05) is 19.0 Å². The number of pyridine rings is 1. The number of hydrogen-bond acceptors (Lipinski definition) is 6. The smallest absolute Gasteiger partial charge is 0.383 e. The first kappa shape index (κ1) is 19.3. The van der Waals surface area contributed by atoms with Gasteiger partial charge in [0.05, 0.1) is 40.8 Å². The van der Waals surface area contributed by atoms with Crippen LogP contribution in [0.5, 0.6) is 0 Å². The number of nitrogens with one attached hydrogen (secondary N) is 1. The van der Waals surface area contributed by atoms with Crippen LogP contribution in [-0.2, 0) is 17.5 Å². The maximum absolute atomic E-state index is 12.9. The molecule has 10 heteroatoms. The molecule has 0 amide bonds. The van der Waals surface area contributed by atoms with E-state index in [2.05, 4.69) is 20.4 Å². The number of nitrogens with zero attached hydrogens (tertiary/aromatic N) is 4. The summed E-state index contributed by atoms with van der Waals surface area (Å²) in [5, 5.41) is 8.11. The first-order valence-corrected chi connectivity index (χ1v) is 9.45. The molecule has 0 atom stereocenters. The highest BCUT2D eigenvalue weighted by Crippen LogP contribution is 2.34. The minimum atomic E-state index is -4.43. The summed E-state index contributed by atoms with van der Waals surface area (Å²) in [6.45, 7) is 1.21. The molecule has 1 N–H and O–H groups in total. The van der Waals surface area contributed by atoms with E-state index >= 15 is 0 Å². The summed E-state index contributed by atoms with van der Waals surface area (Å²) < 4.78 is 46.5. The molecule has 0 saturated heterocycles. The van der Waals surface area contributed by atoms with E-state index in [4.69, 9.17) is 4.74 Å². The molecule has 0 fully saturated rings. The van der Waals surface area contributed by atoms with Crippen LogP contribution < -0.4 is 5.32 Å². The quantitative estimate of drug-likeness (QED) is 0.478. The average molecular weight is 419 g/mol. The fourth-order valence-corrected chi connectivity index (χ4v) is 3.69. The number of hydrogen-bond donors (Lipinski definition) is 1. The van der Waals surface area contributed by atoms with E-state index in [-0.39, 0.29) is 0 Å². The van der Waals surface area contributed by atoms with Crippen molar-refractivity contribution in [3.8, 4) is 11.1 Å². The molecule has 0 spiro atoms. The lowest BCUT2D eigenvalue weighted by atomic mass is 10.1. The summed E-state index contributed by atoms with van der Waals surface area (Å²) >= 11 is 1.41. The first-order chi connectivity index (χ1) is 13.9. The largest absolute Gasteiger partial charge is 0.417 e. The Morgan fingerprint density at radius 1 is 1.14 bits per heavy atom. The molecule has 0 unspecified atom stereocenters. The van der Waals surface area contributed by atoms with Crippen LogP contribution in [0.3, 0.4) is 0 Å². The van der Waals surface area contributed by atoms with Crippen LogP contribution in [0.15, 0.2) is 49.1 Å². The van der Waals surface area contributed by atoms with Crippen LogP contribution >= 0.6 is 11.3 Å². The fraction of sp³-hybridized carbons (Fsp3) is 0.211. The topological polar surface area (TPSA) is 64.9 Å². The lowest BCUT2D eigenvalue weighted by Gasteiger charge is -2.08. The molecule has 0 saturated carbocycles. The van der Waals surface area contributed by atoms with Gasteiger partial charge in [0.2, 0.25) is 0 Å². The molecule has 3 heterocycles. The van der Waals surface area contributed by atoms with Crippen LogP contribution in [0.2, 0.25) is 0 Å². The minimum Gasteiger partial charge on any atom is -0.383 e. The molecule has 0 bridgehead atoms. The molecule has 0 radical (unpaired) electrons. The van der Waals surface area contributed by atoms with Gasteiger partial charge in [0, 0.05) is 31.3 Å². The Kier molecular flexibility index (Phi) is 5.20. The van der Waals surface area contributed by atoms with Crippen LogP contribution in [-0.4, -0.2) is 33.5 Å². The highest BCUT2D eigenvalue weighted by molar-refractivity contribution is 7.22. The zero-order valence-corrected chi connectivity index (χ0v) is 16.1. The average Bonchev–Trinajstić information content (AvgIpc) is 3.31. The van der Waals surface area contributed by atoms with Crippen molar-refractivity contribution in [1.29, 1.82) is 0 Å². The van der Waals surface area contributed by atoms with Gasteiger partial charge in [0.15, 0.2) is 5.13 Å². The third-order valence-electron chi connectivity index (χ3n) is 4.20. The molecule has 4 aromatic rings. The second kappa shape index (κ2) is 7.80. The zero-order chi connectivity index (χ0) is 20.4. The summed E-state index contributed by atoms with van der Waals surface area (Å²) in [5.74, 6) is 0. The maximum atomic E-state index is 12.9. The normalized spacial score (nSPS) is 11.9. The summed E-state index contributed by atoms with van der Waals surface area (Å²) in [4.78, 5) is 8.25. The zero-order valence-electron chi connectivity index (χ0n) is 15.3. The van der Waals surface area contributed by atoms with Crippen molar-refractivity contribution in [1.82, 2.24) is 19.7 Å². The number of alkyl halides is 3. The van der Waals surface area contributed by atoms with Crippen molar-refractivity contribution in [2.45, 2.75) is 12.7 Å². The van der Waals surface area contributed by atoms with E-state index in [1.165, 1.54) is 17.5 Å². The fourth-order valence-electron chi connectivity index (χ4n) is 2.77. The van der Waals surface area contributed by atoms with E-state index < -0.39 is 11.7 Å². The standard InChI is InChI=1S/C19H16F3N5OS/c1-28-5-4-27-11-15(10-24-27)25-18-26-16-3-2-12(7-17(16)29-18)13-6-14(9-23-8-13)19(20,21)22/h2-3,6-11H,4-5H2,1H3,(H,25,26). The molecule has 3 aromatic heterocycles. The molecule has 150 valence electrons. The number of aromatic nitrogens is 4. The summed E-state index contributed by atoms with van der Waals surface area (Å²) in [6, 6.07) is 6.44. The Labute approximate surface area is 168 Å². The number of halogens is 3. The van der Waals surface area contributed by atoms with Gasteiger partial charge in [-0.15, -0.1) is 0 Å². The van der Waals surface area contributed by atoms with E-state index in [0.29, 0.717) is 29.4 Å². The number of anilines is 2. The van der Waals surface area contributed by atoms with Gasteiger partial charge in [-0.1, -0.05) is 17.4 Å². The van der Waals surface area contributed by atoms with Crippen LogP contribution in [0.25, 0.3) is 21.3 Å². The van der Waals surface area contributed by atoms with Crippen LogP contribution in [0.4, 0.5) is 24.0 Å².